The van der Waals surface area contributed by atoms with Gasteiger partial charge in [-0.05, 0) is 37.5 Å². The van der Waals surface area contributed by atoms with Crippen molar-refractivity contribution in [3.05, 3.63) is 18.2 Å². The first-order valence-corrected chi connectivity index (χ1v) is 12.9. The number of carbonyl (C=O) groups is 1. The van der Waals surface area contributed by atoms with Gasteiger partial charge in [-0.15, -0.1) is 0 Å². The Labute approximate surface area is 179 Å². The second-order valence-corrected chi connectivity index (χ2v) is 10.7. The molecule has 1 amide bonds. The molecule has 0 aliphatic carbocycles. The lowest BCUT2D eigenvalue weighted by molar-refractivity contribution is -0.115. The topological polar surface area (TPSA) is 79.4 Å². The summed E-state index contributed by atoms with van der Waals surface area (Å²) in [5, 5.41) is 3.25. The summed E-state index contributed by atoms with van der Waals surface area (Å²) in [6.07, 6.45) is 4.24. The van der Waals surface area contributed by atoms with E-state index >= 15 is 0 Å². The van der Waals surface area contributed by atoms with Crippen molar-refractivity contribution in [3.63, 3.8) is 0 Å². The number of benzene rings is 1. The number of halogens is 1. The fourth-order valence-corrected chi connectivity index (χ4v) is 5.30. The van der Waals surface area contributed by atoms with Crippen LogP contribution in [0.15, 0.2) is 23.1 Å². The first-order chi connectivity index (χ1) is 13.3. The van der Waals surface area contributed by atoms with Crippen molar-refractivity contribution in [2.24, 2.45) is 0 Å². The first-order valence-electron chi connectivity index (χ1n) is 9.69. The van der Waals surface area contributed by atoms with Crippen molar-refractivity contribution in [2.45, 2.75) is 62.6 Å². The zero-order chi connectivity index (χ0) is 20.7. The Morgan fingerprint density at radius 2 is 1.86 bits per heavy atom. The molecule has 2 aromatic rings. The minimum absolute atomic E-state index is 0.153. The number of carbonyl (C=O) groups excluding carboxylic acids is 1. The van der Waals surface area contributed by atoms with E-state index in [1.807, 2.05) is 6.92 Å². The zero-order valence-corrected chi connectivity index (χ0v) is 19.8. The Kier molecular flexibility index (Phi) is 8.85. The summed E-state index contributed by atoms with van der Waals surface area (Å²) in [7, 11) is -3.55. The Balaban J connectivity index is 2.29. The molecule has 1 unspecified atom stereocenters. The van der Waals surface area contributed by atoms with Crippen LogP contribution in [0.5, 0.6) is 0 Å². The summed E-state index contributed by atoms with van der Waals surface area (Å²) >= 11 is 4.60. The maximum atomic E-state index is 13.1. The minimum atomic E-state index is -3.55. The third-order valence-corrected chi connectivity index (χ3v) is 8.28. The molecule has 0 spiro atoms. The maximum absolute atomic E-state index is 13.1. The van der Waals surface area contributed by atoms with E-state index in [2.05, 4.69) is 40.1 Å². The van der Waals surface area contributed by atoms with Crippen LogP contribution in [0.1, 0.15) is 52.9 Å². The molecule has 0 bridgehead atoms. The van der Waals surface area contributed by atoms with Gasteiger partial charge >= 0.3 is 0 Å². The lowest BCUT2D eigenvalue weighted by Crippen LogP contribution is -2.33. The molecule has 156 valence electrons. The second kappa shape index (κ2) is 10.7. The van der Waals surface area contributed by atoms with Gasteiger partial charge < -0.3 is 5.32 Å². The van der Waals surface area contributed by atoms with Crippen molar-refractivity contribution in [2.75, 3.05) is 18.4 Å². The van der Waals surface area contributed by atoms with Gasteiger partial charge in [-0.1, -0.05) is 60.9 Å². The van der Waals surface area contributed by atoms with E-state index in [4.69, 9.17) is 0 Å². The highest BCUT2D eigenvalue weighted by molar-refractivity contribution is 9.10. The molecule has 0 fully saturated rings. The Hall–Kier alpha value is -1.03. The molecule has 9 heteroatoms. The number of sulfonamides is 1. The summed E-state index contributed by atoms with van der Waals surface area (Å²) in [4.78, 5) is 16.4. The van der Waals surface area contributed by atoms with Crippen LogP contribution in [0.2, 0.25) is 0 Å². The van der Waals surface area contributed by atoms with E-state index in [0.29, 0.717) is 30.2 Å². The first kappa shape index (κ1) is 23.3. The fourth-order valence-electron chi connectivity index (χ4n) is 2.66. The van der Waals surface area contributed by atoms with Gasteiger partial charge in [0.05, 0.1) is 19.9 Å². The normalized spacial score (nSPS) is 13.2. The summed E-state index contributed by atoms with van der Waals surface area (Å²) in [5.74, 6) is -0.153. The average molecular weight is 490 g/mol. The smallest absolute Gasteiger partial charge is 0.243 e. The third-order valence-electron chi connectivity index (χ3n) is 4.39. The van der Waals surface area contributed by atoms with Gasteiger partial charge in [0, 0.05) is 13.1 Å². The highest BCUT2D eigenvalue weighted by atomic mass is 79.9. The molecule has 0 aliphatic rings. The molecule has 1 heterocycles. The molecular formula is C19H28BrN3O3S2. The largest absolute Gasteiger partial charge is 0.301 e. The quantitative estimate of drug-likeness (QED) is 0.450. The van der Waals surface area contributed by atoms with Gasteiger partial charge in [0.1, 0.15) is 0 Å². The lowest BCUT2D eigenvalue weighted by Gasteiger charge is -2.21. The number of fused-ring (bicyclic) bond motifs is 1. The fraction of sp³-hybridized carbons (Fsp3) is 0.579. The number of rotatable bonds is 11. The van der Waals surface area contributed by atoms with Crippen LogP contribution in [0.3, 0.4) is 0 Å². The van der Waals surface area contributed by atoms with Crippen LogP contribution in [0.4, 0.5) is 5.13 Å². The van der Waals surface area contributed by atoms with Gasteiger partial charge in [-0.2, -0.15) is 4.31 Å². The summed E-state index contributed by atoms with van der Waals surface area (Å²) in [6, 6.07) is 4.97. The van der Waals surface area contributed by atoms with Crippen molar-refractivity contribution >= 4 is 58.5 Å². The number of thiazole rings is 1. The number of hydrogen-bond donors (Lipinski definition) is 1. The number of anilines is 1. The van der Waals surface area contributed by atoms with E-state index < -0.39 is 10.0 Å². The van der Waals surface area contributed by atoms with E-state index in [9.17, 15) is 13.2 Å². The molecule has 0 saturated heterocycles. The maximum Gasteiger partial charge on any atom is 0.243 e. The Bertz CT molecular complexity index is 891. The van der Waals surface area contributed by atoms with Gasteiger partial charge in [-0.3, -0.25) is 4.79 Å². The van der Waals surface area contributed by atoms with E-state index in [1.54, 1.807) is 22.5 Å². The number of aromatic nitrogens is 1. The highest BCUT2D eigenvalue weighted by Crippen LogP contribution is 2.30. The molecule has 1 aromatic carbocycles. The number of unbranched alkanes of at least 4 members (excludes halogenated alkanes) is 2. The number of alkyl halides is 1. The van der Waals surface area contributed by atoms with Gasteiger partial charge in [0.15, 0.2) is 5.13 Å². The van der Waals surface area contributed by atoms with Crippen molar-refractivity contribution in [1.29, 1.82) is 0 Å². The SMILES string of the molecule is CCCCN(CCCC)S(=O)(=O)c1ccc2nc(NC(=O)C(Br)CC)sc2c1. The molecule has 2 rings (SSSR count). The van der Waals surface area contributed by atoms with Gasteiger partial charge in [0.2, 0.25) is 15.9 Å². The van der Waals surface area contributed by atoms with E-state index in [-0.39, 0.29) is 15.6 Å². The molecule has 1 N–H and O–H groups in total. The van der Waals surface area contributed by atoms with E-state index in [0.717, 1.165) is 30.4 Å². The Morgan fingerprint density at radius 1 is 1.21 bits per heavy atom. The van der Waals surface area contributed by atoms with Crippen LogP contribution in [-0.2, 0) is 14.8 Å². The number of amides is 1. The lowest BCUT2D eigenvalue weighted by atomic mass is 10.3. The van der Waals surface area contributed by atoms with Gasteiger partial charge in [0.25, 0.3) is 0 Å². The van der Waals surface area contributed by atoms with Gasteiger partial charge in [-0.25, -0.2) is 13.4 Å². The predicted molar refractivity (Wildman–Crippen MR) is 120 cm³/mol. The number of nitrogens with zero attached hydrogens (tertiary/aromatic N) is 2. The highest BCUT2D eigenvalue weighted by Gasteiger charge is 2.24. The van der Waals surface area contributed by atoms with Crippen LogP contribution in [0.25, 0.3) is 10.2 Å². The predicted octanol–water partition coefficient (Wildman–Crippen LogP) is 5.00. The van der Waals surface area contributed by atoms with Crippen LogP contribution in [0, 0.1) is 0 Å². The summed E-state index contributed by atoms with van der Waals surface area (Å²) in [6.45, 7) is 7.09. The number of nitrogens with one attached hydrogen (secondary N) is 1. The van der Waals surface area contributed by atoms with Crippen molar-refractivity contribution in [1.82, 2.24) is 9.29 Å². The third kappa shape index (κ3) is 5.75. The summed E-state index contributed by atoms with van der Waals surface area (Å²) < 4.78 is 28.6. The van der Waals surface area contributed by atoms with E-state index in [1.165, 1.54) is 11.3 Å². The molecule has 0 aliphatic heterocycles. The van der Waals surface area contributed by atoms with Crippen LogP contribution in [-0.4, -0.2) is 41.5 Å². The molecule has 0 radical (unpaired) electrons. The molecular weight excluding hydrogens is 462 g/mol. The molecule has 28 heavy (non-hydrogen) atoms. The monoisotopic (exact) mass is 489 g/mol. The summed E-state index contributed by atoms with van der Waals surface area (Å²) in [5.41, 5.74) is 0.676. The Morgan fingerprint density at radius 3 is 2.43 bits per heavy atom. The standard InChI is InChI=1S/C19H28BrN3O3S2/c1-4-7-11-23(12-8-5-2)28(25,26)14-9-10-16-17(13-14)27-19(21-16)22-18(24)15(20)6-3/h9-10,13,15H,4-8,11-12H2,1-3H3,(H,21,22,24). The second-order valence-electron chi connectivity index (χ2n) is 6.62. The van der Waals surface area contributed by atoms with Crippen LogP contribution >= 0.6 is 27.3 Å². The average Bonchev–Trinajstić information content (AvgIpc) is 3.08. The zero-order valence-electron chi connectivity index (χ0n) is 16.6. The molecule has 6 nitrogen and oxygen atoms in total. The van der Waals surface area contributed by atoms with Crippen molar-refractivity contribution in [3.8, 4) is 0 Å². The molecule has 0 saturated carbocycles. The van der Waals surface area contributed by atoms with Crippen molar-refractivity contribution < 1.29 is 13.2 Å². The van der Waals surface area contributed by atoms with Crippen LogP contribution < -0.4 is 5.32 Å². The molecule has 1 atom stereocenters. The number of hydrogen-bond acceptors (Lipinski definition) is 5. The molecule has 1 aromatic heterocycles. The minimum Gasteiger partial charge on any atom is -0.301 e.